The molecule has 0 aliphatic carbocycles. The number of aromatic nitrogens is 4. The summed E-state index contributed by atoms with van der Waals surface area (Å²) < 4.78 is 8.29. The number of carbonyl (C=O) groups excluding carboxylic acids is 1. The first-order chi connectivity index (χ1) is 15.4. The highest BCUT2D eigenvalue weighted by atomic mass is 32.2. The zero-order valence-electron chi connectivity index (χ0n) is 18.2. The first-order valence-corrected chi connectivity index (χ1v) is 10.9. The van der Waals surface area contributed by atoms with Crippen LogP contribution in [0, 0.1) is 13.8 Å². The Morgan fingerprint density at radius 3 is 2.50 bits per heavy atom. The topological polar surface area (TPSA) is 90.5 Å². The molecular weight excluding hydrogens is 426 g/mol. The number of carbonyl (C=O) groups is 1. The third kappa shape index (κ3) is 4.24. The van der Waals surface area contributed by atoms with Crippen LogP contribution < -0.4 is 15.6 Å². The number of hydrogen-bond donors (Lipinski definition) is 1. The SMILES string of the molecule is COc1ccc(NC(=O)[C@H](C)Sc2nnc3c(=O)n(-c4ccc(C)c(C)c4)ccn23)cc1. The molecule has 1 atom stereocenters. The fourth-order valence-electron chi connectivity index (χ4n) is 3.16. The lowest BCUT2D eigenvalue weighted by molar-refractivity contribution is -0.115. The van der Waals surface area contributed by atoms with Crippen LogP contribution in [0.2, 0.25) is 0 Å². The highest BCUT2D eigenvalue weighted by Crippen LogP contribution is 2.23. The Bertz CT molecular complexity index is 1340. The van der Waals surface area contributed by atoms with E-state index in [1.807, 2.05) is 32.0 Å². The minimum atomic E-state index is -0.452. The predicted octanol–water partition coefficient (Wildman–Crippen LogP) is 3.62. The smallest absolute Gasteiger partial charge is 0.300 e. The van der Waals surface area contributed by atoms with Crippen molar-refractivity contribution in [1.82, 2.24) is 19.2 Å². The lowest BCUT2D eigenvalue weighted by Gasteiger charge is -2.12. The van der Waals surface area contributed by atoms with Gasteiger partial charge < -0.3 is 10.1 Å². The molecule has 0 unspecified atom stereocenters. The van der Waals surface area contributed by atoms with Gasteiger partial charge in [0.15, 0.2) is 5.16 Å². The van der Waals surface area contributed by atoms with E-state index in [4.69, 9.17) is 4.74 Å². The van der Waals surface area contributed by atoms with Gasteiger partial charge in [-0.1, -0.05) is 17.8 Å². The van der Waals surface area contributed by atoms with Gasteiger partial charge in [-0.25, -0.2) is 0 Å². The Labute approximate surface area is 189 Å². The summed E-state index contributed by atoms with van der Waals surface area (Å²) in [5, 5.41) is 11.1. The number of thioether (sulfide) groups is 1. The van der Waals surface area contributed by atoms with E-state index in [1.54, 1.807) is 59.7 Å². The van der Waals surface area contributed by atoms with Crippen molar-refractivity contribution in [2.75, 3.05) is 12.4 Å². The number of nitrogens with one attached hydrogen (secondary N) is 1. The van der Waals surface area contributed by atoms with E-state index in [9.17, 15) is 9.59 Å². The van der Waals surface area contributed by atoms with Crippen LogP contribution in [-0.4, -0.2) is 37.4 Å². The zero-order valence-corrected chi connectivity index (χ0v) is 19.0. The maximum atomic E-state index is 13.0. The fraction of sp³-hybridized carbons (Fsp3) is 0.217. The summed E-state index contributed by atoms with van der Waals surface area (Å²) in [5.74, 6) is 0.534. The van der Waals surface area contributed by atoms with E-state index >= 15 is 0 Å². The van der Waals surface area contributed by atoms with Crippen LogP contribution in [0.15, 0.2) is 64.8 Å². The normalized spacial score (nSPS) is 12.0. The molecule has 0 aliphatic heterocycles. The van der Waals surface area contributed by atoms with Gasteiger partial charge in [-0.2, -0.15) is 0 Å². The molecule has 1 amide bonds. The molecule has 0 aliphatic rings. The van der Waals surface area contributed by atoms with Crippen LogP contribution in [0.1, 0.15) is 18.1 Å². The molecule has 164 valence electrons. The second-order valence-electron chi connectivity index (χ2n) is 7.40. The number of anilines is 1. The van der Waals surface area contributed by atoms with Crippen molar-refractivity contribution in [2.45, 2.75) is 31.2 Å². The summed E-state index contributed by atoms with van der Waals surface area (Å²) in [6.07, 6.45) is 3.43. The summed E-state index contributed by atoms with van der Waals surface area (Å²) in [5.41, 5.74) is 3.63. The number of benzene rings is 2. The fourth-order valence-corrected chi connectivity index (χ4v) is 3.99. The Balaban J connectivity index is 1.54. The number of methoxy groups -OCH3 is 1. The predicted molar refractivity (Wildman–Crippen MR) is 125 cm³/mol. The van der Waals surface area contributed by atoms with E-state index in [2.05, 4.69) is 15.5 Å². The highest BCUT2D eigenvalue weighted by Gasteiger charge is 2.19. The minimum absolute atomic E-state index is 0.180. The third-order valence-electron chi connectivity index (χ3n) is 5.22. The number of hydrogen-bond acceptors (Lipinski definition) is 6. The largest absolute Gasteiger partial charge is 0.497 e. The first-order valence-electron chi connectivity index (χ1n) is 10.0. The van der Waals surface area contributed by atoms with Crippen LogP contribution in [0.5, 0.6) is 5.75 Å². The van der Waals surface area contributed by atoms with Gasteiger partial charge in [0.2, 0.25) is 11.6 Å². The van der Waals surface area contributed by atoms with Gasteiger partial charge in [0.1, 0.15) is 5.75 Å². The molecule has 1 N–H and O–H groups in total. The van der Waals surface area contributed by atoms with Crippen LogP contribution in [0.25, 0.3) is 11.3 Å². The lowest BCUT2D eigenvalue weighted by Crippen LogP contribution is -2.23. The molecule has 2 heterocycles. The molecule has 2 aromatic heterocycles. The van der Waals surface area contributed by atoms with Crippen LogP contribution in [0.4, 0.5) is 5.69 Å². The molecule has 0 radical (unpaired) electrons. The second kappa shape index (κ2) is 8.88. The lowest BCUT2D eigenvalue weighted by atomic mass is 10.1. The van der Waals surface area contributed by atoms with Crippen molar-refractivity contribution in [2.24, 2.45) is 0 Å². The summed E-state index contributed by atoms with van der Waals surface area (Å²) in [4.78, 5) is 25.6. The summed E-state index contributed by atoms with van der Waals surface area (Å²) >= 11 is 1.23. The van der Waals surface area contributed by atoms with Crippen LogP contribution in [0.3, 0.4) is 0 Å². The number of ether oxygens (including phenoxy) is 1. The number of aryl methyl sites for hydroxylation is 2. The highest BCUT2D eigenvalue weighted by molar-refractivity contribution is 8.00. The Morgan fingerprint density at radius 1 is 1.06 bits per heavy atom. The minimum Gasteiger partial charge on any atom is -0.497 e. The molecule has 2 aromatic carbocycles. The molecule has 0 spiro atoms. The molecule has 4 rings (SSSR count). The Morgan fingerprint density at radius 2 is 1.81 bits per heavy atom. The van der Waals surface area contributed by atoms with Crippen molar-refractivity contribution >= 4 is 29.0 Å². The maximum Gasteiger partial charge on any atom is 0.300 e. The van der Waals surface area contributed by atoms with E-state index in [0.29, 0.717) is 16.6 Å². The summed E-state index contributed by atoms with van der Waals surface area (Å²) in [7, 11) is 1.59. The zero-order chi connectivity index (χ0) is 22.8. The molecule has 0 saturated heterocycles. The third-order valence-corrected chi connectivity index (χ3v) is 6.27. The molecule has 32 heavy (non-hydrogen) atoms. The molecule has 8 nitrogen and oxygen atoms in total. The Kier molecular flexibility index (Phi) is 6.00. The number of fused-ring (bicyclic) bond motifs is 1. The molecular formula is C23H23N5O3S. The standard InChI is InChI=1S/C23H23N5O3S/c1-14-5-8-18(13-15(14)2)27-11-12-28-20(22(27)30)25-26-23(28)32-16(3)21(29)24-17-6-9-19(31-4)10-7-17/h5-13,16H,1-4H3,(H,24,29)/t16-/m0/s1. The molecule has 0 saturated carbocycles. The number of amides is 1. The van der Waals surface area contributed by atoms with E-state index < -0.39 is 5.25 Å². The van der Waals surface area contributed by atoms with E-state index in [1.165, 1.54) is 11.8 Å². The quantitative estimate of drug-likeness (QED) is 0.452. The van der Waals surface area contributed by atoms with Crippen LogP contribution in [-0.2, 0) is 4.79 Å². The van der Waals surface area contributed by atoms with Crippen molar-refractivity contribution < 1.29 is 9.53 Å². The summed E-state index contributed by atoms with van der Waals surface area (Å²) in [6, 6.07) is 12.9. The molecule has 0 fully saturated rings. The van der Waals surface area contributed by atoms with Gasteiger partial charge in [0.05, 0.1) is 12.4 Å². The van der Waals surface area contributed by atoms with Crippen molar-refractivity contribution in [3.63, 3.8) is 0 Å². The van der Waals surface area contributed by atoms with Gasteiger partial charge in [-0.05, 0) is 68.3 Å². The van der Waals surface area contributed by atoms with Crippen molar-refractivity contribution in [3.8, 4) is 11.4 Å². The summed E-state index contributed by atoms with van der Waals surface area (Å²) in [6.45, 7) is 5.81. The van der Waals surface area contributed by atoms with E-state index in [0.717, 1.165) is 16.8 Å². The number of rotatable bonds is 6. The van der Waals surface area contributed by atoms with Gasteiger partial charge in [-0.15, -0.1) is 10.2 Å². The van der Waals surface area contributed by atoms with Gasteiger partial charge in [0, 0.05) is 23.8 Å². The van der Waals surface area contributed by atoms with Crippen molar-refractivity contribution in [1.29, 1.82) is 0 Å². The monoisotopic (exact) mass is 449 g/mol. The second-order valence-corrected chi connectivity index (χ2v) is 8.70. The van der Waals surface area contributed by atoms with Gasteiger partial charge >= 0.3 is 5.56 Å². The van der Waals surface area contributed by atoms with Crippen LogP contribution >= 0.6 is 11.8 Å². The Hall–Kier alpha value is -3.59. The van der Waals surface area contributed by atoms with Gasteiger partial charge in [0.25, 0.3) is 0 Å². The molecule has 4 aromatic rings. The average molecular weight is 450 g/mol. The van der Waals surface area contributed by atoms with E-state index in [-0.39, 0.29) is 17.1 Å². The first kappa shape index (κ1) is 21.6. The molecule has 0 bridgehead atoms. The maximum absolute atomic E-state index is 13.0. The van der Waals surface area contributed by atoms with Crippen molar-refractivity contribution in [3.05, 3.63) is 76.3 Å². The van der Waals surface area contributed by atoms with Gasteiger partial charge in [-0.3, -0.25) is 18.6 Å². The molecule has 9 heteroatoms. The average Bonchev–Trinajstić information content (AvgIpc) is 3.20. The number of nitrogens with zero attached hydrogens (tertiary/aromatic N) is 4.